The number of carbonyl (C=O) groups excluding carboxylic acids is 1. The second-order valence-electron chi connectivity index (χ2n) is 6.32. The highest BCUT2D eigenvalue weighted by molar-refractivity contribution is 7.18. The third-order valence-electron chi connectivity index (χ3n) is 4.25. The van der Waals surface area contributed by atoms with Crippen molar-refractivity contribution in [1.29, 1.82) is 0 Å². The molecule has 0 saturated carbocycles. The number of amides is 1. The van der Waals surface area contributed by atoms with Crippen LogP contribution in [0.5, 0.6) is 5.75 Å². The van der Waals surface area contributed by atoms with E-state index in [2.05, 4.69) is 10.2 Å². The van der Waals surface area contributed by atoms with Crippen LogP contribution in [0.15, 0.2) is 48.5 Å². The van der Waals surface area contributed by atoms with Crippen molar-refractivity contribution in [1.82, 2.24) is 10.2 Å². The van der Waals surface area contributed by atoms with Crippen molar-refractivity contribution in [3.8, 4) is 16.3 Å². The standard InChI is InChI=1S/C21H23N3O3S/c1-15-7-9-17(10-8-15)20-22-23-21(28-20)24(11-12-26-2)19(25)14-16-5-4-6-18(13-16)27-3/h4-10,13H,11-12,14H2,1-3H3. The molecule has 0 N–H and O–H groups in total. The summed E-state index contributed by atoms with van der Waals surface area (Å²) in [4.78, 5) is 14.6. The molecule has 3 aromatic rings. The van der Waals surface area contributed by atoms with Crippen molar-refractivity contribution >= 4 is 22.4 Å². The zero-order valence-electron chi connectivity index (χ0n) is 16.2. The lowest BCUT2D eigenvalue weighted by Gasteiger charge is -2.19. The van der Waals surface area contributed by atoms with E-state index in [9.17, 15) is 4.79 Å². The van der Waals surface area contributed by atoms with Gasteiger partial charge in [-0.05, 0) is 24.6 Å². The van der Waals surface area contributed by atoms with Crippen LogP contribution in [-0.2, 0) is 16.0 Å². The van der Waals surface area contributed by atoms with Gasteiger partial charge in [-0.15, -0.1) is 10.2 Å². The molecule has 1 aromatic heterocycles. The van der Waals surface area contributed by atoms with E-state index < -0.39 is 0 Å². The average Bonchev–Trinajstić information content (AvgIpc) is 3.19. The zero-order chi connectivity index (χ0) is 19.9. The molecule has 0 radical (unpaired) electrons. The van der Waals surface area contributed by atoms with Gasteiger partial charge in [0.25, 0.3) is 0 Å². The minimum Gasteiger partial charge on any atom is -0.497 e. The van der Waals surface area contributed by atoms with E-state index in [-0.39, 0.29) is 12.3 Å². The third kappa shape index (κ3) is 4.94. The summed E-state index contributed by atoms with van der Waals surface area (Å²) in [5.74, 6) is 0.670. The summed E-state index contributed by atoms with van der Waals surface area (Å²) in [6.45, 7) is 2.88. The highest BCUT2D eigenvalue weighted by atomic mass is 32.1. The monoisotopic (exact) mass is 397 g/mol. The normalized spacial score (nSPS) is 10.7. The summed E-state index contributed by atoms with van der Waals surface area (Å²) >= 11 is 1.40. The first kappa shape index (κ1) is 20.0. The van der Waals surface area contributed by atoms with Gasteiger partial charge in [0.15, 0.2) is 0 Å². The fourth-order valence-corrected chi connectivity index (χ4v) is 3.59. The molecule has 3 rings (SSSR count). The Bertz CT molecular complexity index is 925. The lowest BCUT2D eigenvalue weighted by Crippen LogP contribution is -2.35. The van der Waals surface area contributed by atoms with Crippen LogP contribution >= 0.6 is 11.3 Å². The lowest BCUT2D eigenvalue weighted by molar-refractivity contribution is -0.118. The third-order valence-corrected chi connectivity index (χ3v) is 5.25. The number of carbonyl (C=O) groups is 1. The molecule has 0 bridgehead atoms. The second-order valence-corrected chi connectivity index (χ2v) is 7.28. The highest BCUT2D eigenvalue weighted by Crippen LogP contribution is 2.29. The predicted molar refractivity (Wildman–Crippen MR) is 111 cm³/mol. The van der Waals surface area contributed by atoms with E-state index in [0.717, 1.165) is 21.9 Å². The Kier molecular flexibility index (Phi) is 6.73. The van der Waals surface area contributed by atoms with E-state index in [1.807, 2.05) is 55.5 Å². The molecule has 0 aliphatic heterocycles. The smallest absolute Gasteiger partial charge is 0.233 e. The van der Waals surface area contributed by atoms with E-state index in [4.69, 9.17) is 9.47 Å². The Hall–Kier alpha value is -2.77. The topological polar surface area (TPSA) is 64.5 Å². The summed E-state index contributed by atoms with van der Waals surface area (Å²) in [6, 6.07) is 15.6. The maximum absolute atomic E-state index is 13.0. The van der Waals surface area contributed by atoms with Gasteiger partial charge in [-0.25, -0.2) is 0 Å². The van der Waals surface area contributed by atoms with Gasteiger partial charge in [-0.3, -0.25) is 9.69 Å². The summed E-state index contributed by atoms with van der Waals surface area (Å²) < 4.78 is 10.4. The van der Waals surface area contributed by atoms with Gasteiger partial charge >= 0.3 is 0 Å². The van der Waals surface area contributed by atoms with Crippen LogP contribution in [-0.4, -0.2) is 43.5 Å². The van der Waals surface area contributed by atoms with Gasteiger partial charge in [0, 0.05) is 12.7 Å². The van der Waals surface area contributed by atoms with Gasteiger partial charge in [0.05, 0.1) is 26.7 Å². The SMILES string of the molecule is COCCN(C(=O)Cc1cccc(OC)c1)c1nnc(-c2ccc(C)cc2)s1. The number of anilines is 1. The Morgan fingerprint density at radius 2 is 1.89 bits per heavy atom. The molecule has 0 aliphatic rings. The molecule has 1 amide bonds. The van der Waals surface area contributed by atoms with Crippen LogP contribution in [0.1, 0.15) is 11.1 Å². The van der Waals surface area contributed by atoms with Gasteiger partial charge in [0.1, 0.15) is 10.8 Å². The molecule has 1 heterocycles. The number of ether oxygens (including phenoxy) is 2. The average molecular weight is 398 g/mol. The number of aryl methyl sites for hydroxylation is 1. The van der Waals surface area contributed by atoms with E-state index in [0.29, 0.717) is 18.3 Å². The maximum atomic E-state index is 13.0. The van der Waals surface area contributed by atoms with Crippen molar-refractivity contribution < 1.29 is 14.3 Å². The summed E-state index contributed by atoms with van der Waals surface area (Å²) in [7, 11) is 3.22. The molecule has 0 spiro atoms. The lowest BCUT2D eigenvalue weighted by atomic mass is 10.1. The number of hydrogen-bond acceptors (Lipinski definition) is 6. The number of hydrogen-bond donors (Lipinski definition) is 0. The van der Waals surface area contributed by atoms with Crippen LogP contribution in [0.4, 0.5) is 5.13 Å². The number of methoxy groups -OCH3 is 2. The first-order chi connectivity index (χ1) is 13.6. The molecule has 6 nitrogen and oxygen atoms in total. The molecular formula is C21H23N3O3S. The Morgan fingerprint density at radius 3 is 2.61 bits per heavy atom. The number of rotatable bonds is 8. The molecule has 2 aromatic carbocycles. The number of benzene rings is 2. The van der Waals surface area contributed by atoms with Gasteiger partial charge in [0.2, 0.25) is 11.0 Å². The minimum atomic E-state index is -0.0584. The number of aromatic nitrogens is 2. The van der Waals surface area contributed by atoms with E-state index in [1.165, 1.54) is 16.9 Å². The quantitative estimate of drug-likeness (QED) is 0.579. The second kappa shape index (κ2) is 9.43. The minimum absolute atomic E-state index is 0.0584. The molecule has 28 heavy (non-hydrogen) atoms. The maximum Gasteiger partial charge on any atom is 0.233 e. The molecule has 0 unspecified atom stereocenters. The Labute approximate surface area is 168 Å². The zero-order valence-corrected chi connectivity index (χ0v) is 17.0. The number of nitrogens with zero attached hydrogens (tertiary/aromatic N) is 3. The molecule has 0 saturated heterocycles. The van der Waals surface area contributed by atoms with Crippen molar-refractivity contribution in [2.45, 2.75) is 13.3 Å². The van der Waals surface area contributed by atoms with Gasteiger partial charge < -0.3 is 9.47 Å². The van der Waals surface area contributed by atoms with Crippen LogP contribution in [0, 0.1) is 6.92 Å². The van der Waals surface area contributed by atoms with Crippen molar-refractivity contribution in [2.75, 3.05) is 32.3 Å². The Morgan fingerprint density at radius 1 is 1.11 bits per heavy atom. The molecule has 0 fully saturated rings. The first-order valence-electron chi connectivity index (χ1n) is 8.93. The molecule has 0 atom stereocenters. The van der Waals surface area contributed by atoms with Gasteiger partial charge in [-0.1, -0.05) is 53.3 Å². The molecule has 7 heteroatoms. The first-order valence-corrected chi connectivity index (χ1v) is 9.75. The van der Waals surface area contributed by atoms with Crippen LogP contribution in [0.2, 0.25) is 0 Å². The summed E-state index contributed by atoms with van der Waals surface area (Å²) in [5.41, 5.74) is 3.06. The predicted octanol–water partition coefficient (Wildman–Crippen LogP) is 3.74. The molecular weight excluding hydrogens is 374 g/mol. The highest BCUT2D eigenvalue weighted by Gasteiger charge is 2.21. The largest absolute Gasteiger partial charge is 0.497 e. The van der Waals surface area contributed by atoms with Gasteiger partial charge in [-0.2, -0.15) is 0 Å². The van der Waals surface area contributed by atoms with E-state index in [1.54, 1.807) is 19.1 Å². The summed E-state index contributed by atoms with van der Waals surface area (Å²) in [5, 5.41) is 9.89. The van der Waals surface area contributed by atoms with Crippen molar-refractivity contribution in [3.63, 3.8) is 0 Å². The van der Waals surface area contributed by atoms with Crippen LogP contribution < -0.4 is 9.64 Å². The fourth-order valence-electron chi connectivity index (χ4n) is 2.70. The Balaban J connectivity index is 1.81. The molecule has 146 valence electrons. The van der Waals surface area contributed by atoms with Crippen LogP contribution in [0.25, 0.3) is 10.6 Å². The van der Waals surface area contributed by atoms with E-state index >= 15 is 0 Å². The van der Waals surface area contributed by atoms with Crippen molar-refractivity contribution in [2.24, 2.45) is 0 Å². The molecule has 0 aliphatic carbocycles. The van der Waals surface area contributed by atoms with Crippen LogP contribution in [0.3, 0.4) is 0 Å². The van der Waals surface area contributed by atoms with Crippen molar-refractivity contribution in [3.05, 3.63) is 59.7 Å². The fraction of sp³-hybridized carbons (Fsp3) is 0.286. The summed E-state index contributed by atoms with van der Waals surface area (Å²) in [6.07, 6.45) is 0.250.